The second-order valence-electron chi connectivity index (χ2n) is 16.3. The third kappa shape index (κ3) is 4.81. The van der Waals surface area contributed by atoms with E-state index in [1.165, 1.54) is 21.5 Å². The molecule has 0 fully saturated rings. The maximum atomic E-state index is 5.40. The SMILES string of the molecule is c1ccc(-n2c3ccccc3c3ccc4c5ccccc5n(-c5cncc(-c6cncc(-n7c8ccccc8c8ccc9c%10ccccc%10n(-c%10ccccc%10)c9c87)n6)n5)c4c32)cc1. The van der Waals surface area contributed by atoms with Gasteiger partial charge < -0.3 is 9.13 Å². The summed E-state index contributed by atoms with van der Waals surface area (Å²) in [5.74, 6) is 1.39. The first-order valence-corrected chi connectivity index (χ1v) is 21.5. The van der Waals surface area contributed by atoms with Crippen LogP contribution in [-0.4, -0.2) is 38.2 Å². The average Bonchev–Trinajstić information content (AvgIpc) is 4.10. The highest BCUT2D eigenvalue weighted by Crippen LogP contribution is 2.43. The van der Waals surface area contributed by atoms with Gasteiger partial charge in [-0.05, 0) is 48.5 Å². The van der Waals surface area contributed by atoms with Crippen LogP contribution in [0, 0.1) is 0 Å². The molecule has 0 aliphatic carbocycles. The molecule has 0 N–H and O–H groups in total. The largest absolute Gasteiger partial charge is 0.307 e. The predicted octanol–water partition coefficient (Wildman–Crippen LogP) is 13.3. The van der Waals surface area contributed by atoms with Crippen LogP contribution in [0.25, 0.3) is 122 Å². The van der Waals surface area contributed by atoms with Gasteiger partial charge in [-0.2, -0.15) is 0 Å². The topological polar surface area (TPSA) is 71.3 Å². The Kier molecular flexibility index (Phi) is 7.23. The van der Waals surface area contributed by atoms with Gasteiger partial charge in [0.1, 0.15) is 11.4 Å². The number of nitrogens with zero attached hydrogens (tertiary/aromatic N) is 8. The van der Waals surface area contributed by atoms with Crippen molar-refractivity contribution in [1.82, 2.24) is 38.2 Å². The van der Waals surface area contributed by atoms with Crippen molar-refractivity contribution < 1.29 is 0 Å². The zero-order valence-electron chi connectivity index (χ0n) is 34.2. The fraction of sp³-hybridized carbons (Fsp3) is 0. The van der Waals surface area contributed by atoms with E-state index in [9.17, 15) is 0 Å². The van der Waals surface area contributed by atoms with Crippen LogP contribution in [0.15, 0.2) is 207 Å². The molecule has 0 spiro atoms. The van der Waals surface area contributed by atoms with Gasteiger partial charge in [0.15, 0.2) is 11.6 Å². The molecule has 64 heavy (non-hydrogen) atoms. The zero-order valence-corrected chi connectivity index (χ0v) is 34.2. The summed E-state index contributed by atoms with van der Waals surface area (Å²) in [4.78, 5) is 20.5. The van der Waals surface area contributed by atoms with Crippen molar-refractivity contribution in [3.8, 4) is 34.4 Å². The minimum atomic E-state index is 0.623. The smallest absolute Gasteiger partial charge is 0.157 e. The molecule has 6 aromatic heterocycles. The third-order valence-corrected chi connectivity index (χ3v) is 12.9. The van der Waals surface area contributed by atoms with Crippen LogP contribution in [0.4, 0.5) is 0 Å². The molecule has 0 atom stereocenters. The van der Waals surface area contributed by atoms with E-state index in [-0.39, 0.29) is 0 Å². The second kappa shape index (κ2) is 13.3. The molecule has 14 aromatic rings. The van der Waals surface area contributed by atoms with Gasteiger partial charge in [-0.1, -0.05) is 133 Å². The lowest BCUT2D eigenvalue weighted by Crippen LogP contribution is -2.04. The maximum Gasteiger partial charge on any atom is 0.157 e. The number of para-hydroxylation sites is 6. The maximum absolute atomic E-state index is 5.40. The van der Waals surface area contributed by atoms with Crippen molar-refractivity contribution >= 4 is 87.2 Å². The molecule has 14 rings (SSSR count). The van der Waals surface area contributed by atoms with E-state index in [0.717, 1.165) is 77.1 Å². The van der Waals surface area contributed by atoms with Gasteiger partial charge in [0.05, 0.1) is 68.9 Å². The van der Waals surface area contributed by atoms with Gasteiger partial charge in [-0.15, -0.1) is 0 Å². The number of hydrogen-bond acceptors (Lipinski definition) is 4. The highest BCUT2D eigenvalue weighted by Gasteiger charge is 2.24. The van der Waals surface area contributed by atoms with Crippen LogP contribution in [0.5, 0.6) is 0 Å². The summed E-state index contributed by atoms with van der Waals surface area (Å²) < 4.78 is 9.30. The Hall–Kier alpha value is -8.88. The molecule has 0 radical (unpaired) electrons. The summed E-state index contributed by atoms with van der Waals surface area (Å²) in [7, 11) is 0. The molecule has 0 unspecified atom stereocenters. The van der Waals surface area contributed by atoms with E-state index in [1.54, 1.807) is 12.4 Å². The van der Waals surface area contributed by atoms with Gasteiger partial charge in [0, 0.05) is 54.5 Å². The lowest BCUT2D eigenvalue weighted by atomic mass is 10.1. The van der Waals surface area contributed by atoms with Gasteiger partial charge in [0.25, 0.3) is 0 Å². The van der Waals surface area contributed by atoms with Crippen molar-refractivity contribution in [2.75, 3.05) is 0 Å². The van der Waals surface area contributed by atoms with E-state index in [4.69, 9.17) is 19.9 Å². The standard InChI is InChI=1S/C56H34N8/c1-3-15-35(16-4-1)61-47-23-11-7-19-37(47)41-27-29-43-39-21-9-13-25-49(39)63(55(43)53(41)61)51-33-57-31-45(59-51)46-32-58-34-52(60-46)64-50-26-14-10-22-40(50)44-30-28-42-38-20-8-12-24-48(38)62(54(42)56(44)64)36-17-5-2-6-18-36/h1-34H. The summed E-state index contributed by atoms with van der Waals surface area (Å²) in [6, 6.07) is 64.7. The van der Waals surface area contributed by atoms with Crippen molar-refractivity contribution in [3.05, 3.63) is 207 Å². The average molecular weight is 819 g/mol. The number of benzene rings is 8. The van der Waals surface area contributed by atoms with E-state index in [2.05, 4.69) is 200 Å². The Balaban J connectivity index is 1.02. The summed E-state index contributed by atoms with van der Waals surface area (Å²) in [6.07, 6.45) is 7.29. The number of aromatic nitrogens is 8. The quantitative estimate of drug-likeness (QED) is 0.173. The van der Waals surface area contributed by atoms with E-state index >= 15 is 0 Å². The number of hydrogen-bond donors (Lipinski definition) is 0. The van der Waals surface area contributed by atoms with Crippen LogP contribution >= 0.6 is 0 Å². The Morgan fingerprint density at radius 2 is 0.547 bits per heavy atom. The van der Waals surface area contributed by atoms with Crippen LogP contribution in [0.3, 0.4) is 0 Å². The van der Waals surface area contributed by atoms with E-state index in [1.807, 2.05) is 12.4 Å². The van der Waals surface area contributed by atoms with Gasteiger partial charge >= 0.3 is 0 Å². The third-order valence-electron chi connectivity index (χ3n) is 12.9. The van der Waals surface area contributed by atoms with Gasteiger partial charge in [-0.25, -0.2) is 9.97 Å². The minimum absolute atomic E-state index is 0.623. The van der Waals surface area contributed by atoms with Gasteiger partial charge in [0.2, 0.25) is 0 Å². The molecule has 0 aliphatic heterocycles. The fourth-order valence-corrected chi connectivity index (χ4v) is 10.3. The first-order valence-electron chi connectivity index (χ1n) is 21.5. The first kappa shape index (κ1) is 34.8. The fourth-order valence-electron chi connectivity index (χ4n) is 10.3. The number of fused-ring (bicyclic) bond motifs is 14. The van der Waals surface area contributed by atoms with Crippen LogP contribution in [0.1, 0.15) is 0 Å². The highest BCUT2D eigenvalue weighted by molar-refractivity contribution is 6.25. The van der Waals surface area contributed by atoms with E-state index < -0.39 is 0 Å². The number of rotatable bonds is 5. The normalized spacial score (nSPS) is 12.1. The molecule has 8 nitrogen and oxygen atoms in total. The van der Waals surface area contributed by atoms with E-state index in [0.29, 0.717) is 23.0 Å². The Bertz CT molecular complexity index is 3920. The Labute approximate surface area is 365 Å². The minimum Gasteiger partial charge on any atom is -0.307 e. The highest BCUT2D eigenvalue weighted by atomic mass is 15.1. The summed E-state index contributed by atoms with van der Waals surface area (Å²) in [5, 5.41) is 9.30. The molecule has 0 aliphatic rings. The Morgan fingerprint density at radius 1 is 0.250 bits per heavy atom. The molecule has 298 valence electrons. The monoisotopic (exact) mass is 818 g/mol. The molecule has 0 saturated carbocycles. The zero-order chi connectivity index (χ0) is 41.9. The van der Waals surface area contributed by atoms with Gasteiger partial charge in [-0.3, -0.25) is 19.1 Å². The summed E-state index contributed by atoms with van der Waals surface area (Å²) in [6.45, 7) is 0. The van der Waals surface area contributed by atoms with Crippen molar-refractivity contribution in [3.63, 3.8) is 0 Å². The molecule has 8 aromatic carbocycles. The molecular weight excluding hydrogens is 785 g/mol. The first-order chi connectivity index (χ1) is 31.8. The predicted molar refractivity (Wildman–Crippen MR) is 260 cm³/mol. The van der Waals surface area contributed by atoms with Crippen molar-refractivity contribution in [2.24, 2.45) is 0 Å². The lowest BCUT2D eigenvalue weighted by molar-refractivity contribution is 1.01. The van der Waals surface area contributed by atoms with Crippen molar-refractivity contribution in [1.29, 1.82) is 0 Å². The van der Waals surface area contributed by atoms with Crippen LogP contribution in [-0.2, 0) is 0 Å². The van der Waals surface area contributed by atoms with Crippen LogP contribution < -0.4 is 0 Å². The summed E-state index contributed by atoms with van der Waals surface area (Å²) >= 11 is 0. The van der Waals surface area contributed by atoms with Crippen LogP contribution in [0.2, 0.25) is 0 Å². The molecule has 0 saturated heterocycles. The molecule has 0 amide bonds. The molecule has 0 bridgehead atoms. The molecular formula is C56H34N8. The Morgan fingerprint density at radius 3 is 0.906 bits per heavy atom. The van der Waals surface area contributed by atoms with Crippen molar-refractivity contribution in [2.45, 2.75) is 0 Å². The molecule has 8 heteroatoms. The molecule has 6 heterocycles. The second-order valence-corrected chi connectivity index (χ2v) is 16.3. The summed E-state index contributed by atoms with van der Waals surface area (Å²) in [5.41, 5.74) is 12.2. The lowest BCUT2D eigenvalue weighted by Gasteiger charge is -2.13.